The van der Waals surface area contributed by atoms with E-state index in [1.807, 2.05) is 0 Å². The molecular formula is C8H18N2. The summed E-state index contributed by atoms with van der Waals surface area (Å²) >= 11 is 0. The molecule has 0 heterocycles. The number of nitrogens with zero attached hydrogens (tertiary/aromatic N) is 1. The molecule has 0 rings (SSSR count). The van der Waals surface area contributed by atoms with E-state index in [0.717, 1.165) is 6.42 Å². The smallest absolute Gasteiger partial charge is 0.0240 e. The number of hydrogen-bond donors (Lipinski definition) is 1. The first-order chi connectivity index (χ1) is 4.91. The van der Waals surface area contributed by atoms with Gasteiger partial charge in [0.1, 0.15) is 0 Å². The average Bonchev–Trinajstić information content (AvgIpc) is 1.97. The van der Waals surface area contributed by atoms with Crippen LogP contribution in [0.15, 0.2) is 5.10 Å². The molecule has 0 aliphatic carbocycles. The number of hydrazone groups is 1. The van der Waals surface area contributed by atoms with Gasteiger partial charge in [-0.2, -0.15) is 5.10 Å². The summed E-state index contributed by atoms with van der Waals surface area (Å²) in [7, 11) is 0. The van der Waals surface area contributed by atoms with Crippen molar-refractivity contribution in [3.63, 3.8) is 0 Å². The molecular weight excluding hydrogens is 124 g/mol. The van der Waals surface area contributed by atoms with Gasteiger partial charge in [0.25, 0.3) is 0 Å². The second-order valence-corrected chi connectivity index (χ2v) is 2.53. The number of nitrogens with two attached hydrogens (primary N) is 1. The molecule has 2 N–H and O–H groups in total. The van der Waals surface area contributed by atoms with Gasteiger partial charge < -0.3 is 5.84 Å². The summed E-state index contributed by atoms with van der Waals surface area (Å²) in [5.74, 6) is 4.94. The van der Waals surface area contributed by atoms with Crippen molar-refractivity contribution in [2.24, 2.45) is 10.9 Å². The van der Waals surface area contributed by atoms with Gasteiger partial charge in [0.2, 0.25) is 0 Å². The number of rotatable bonds is 6. The summed E-state index contributed by atoms with van der Waals surface area (Å²) in [5.41, 5.74) is 0. The molecule has 0 aliphatic heterocycles. The van der Waals surface area contributed by atoms with Crippen molar-refractivity contribution in [1.29, 1.82) is 0 Å². The monoisotopic (exact) mass is 142 g/mol. The van der Waals surface area contributed by atoms with Gasteiger partial charge in [-0.3, -0.25) is 0 Å². The van der Waals surface area contributed by atoms with Gasteiger partial charge in [0.05, 0.1) is 0 Å². The molecule has 0 saturated heterocycles. The SMILES string of the molecule is CCCCCCCC=NN. The minimum atomic E-state index is 1.04. The molecule has 10 heavy (non-hydrogen) atoms. The van der Waals surface area contributed by atoms with Crippen molar-refractivity contribution in [2.75, 3.05) is 0 Å². The minimum absolute atomic E-state index is 1.04. The molecule has 0 aromatic rings. The van der Waals surface area contributed by atoms with Crippen LogP contribution in [0.25, 0.3) is 0 Å². The molecule has 0 spiro atoms. The fourth-order valence-corrected chi connectivity index (χ4v) is 0.914. The fourth-order valence-electron chi connectivity index (χ4n) is 0.914. The van der Waals surface area contributed by atoms with E-state index in [9.17, 15) is 0 Å². The van der Waals surface area contributed by atoms with Crippen molar-refractivity contribution in [2.45, 2.75) is 45.4 Å². The van der Waals surface area contributed by atoms with E-state index in [0.29, 0.717) is 0 Å². The highest BCUT2D eigenvalue weighted by atomic mass is 15.1. The van der Waals surface area contributed by atoms with Crippen molar-refractivity contribution in [3.8, 4) is 0 Å². The van der Waals surface area contributed by atoms with Crippen LogP contribution in [0.3, 0.4) is 0 Å². The summed E-state index contributed by atoms with van der Waals surface area (Å²) in [4.78, 5) is 0. The predicted octanol–water partition coefficient (Wildman–Crippen LogP) is 2.29. The lowest BCUT2D eigenvalue weighted by atomic mass is 10.1. The van der Waals surface area contributed by atoms with Gasteiger partial charge in [0.15, 0.2) is 0 Å². The zero-order chi connectivity index (χ0) is 7.66. The van der Waals surface area contributed by atoms with E-state index in [-0.39, 0.29) is 0 Å². The van der Waals surface area contributed by atoms with Crippen LogP contribution in [0.2, 0.25) is 0 Å². The summed E-state index contributed by atoms with van der Waals surface area (Å²) in [5, 5.41) is 3.43. The topological polar surface area (TPSA) is 38.4 Å². The molecule has 0 atom stereocenters. The van der Waals surface area contributed by atoms with Crippen LogP contribution in [0.4, 0.5) is 0 Å². The molecule has 0 aliphatic rings. The van der Waals surface area contributed by atoms with Crippen LogP contribution >= 0.6 is 0 Å². The third-order valence-corrected chi connectivity index (χ3v) is 1.54. The molecule has 2 nitrogen and oxygen atoms in total. The van der Waals surface area contributed by atoms with Crippen LogP contribution in [0, 0.1) is 0 Å². The second kappa shape index (κ2) is 8.47. The lowest BCUT2D eigenvalue weighted by Gasteiger charge is -1.94. The lowest BCUT2D eigenvalue weighted by Crippen LogP contribution is -1.83. The van der Waals surface area contributed by atoms with Crippen LogP contribution in [0.5, 0.6) is 0 Å². The molecule has 0 aromatic carbocycles. The predicted molar refractivity (Wildman–Crippen MR) is 46.1 cm³/mol. The standard InChI is InChI=1S/C8H18N2/c1-2-3-4-5-6-7-8-10-9/h8H,2-7,9H2,1H3. The van der Waals surface area contributed by atoms with E-state index in [1.54, 1.807) is 6.21 Å². The Hall–Kier alpha value is -0.530. The molecule has 2 heteroatoms. The van der Waals surface area contributed by atoms with Gasteiger partial charge in [-0.1, -0.05) is 32.6 Å². The maximum absolute atomic E-state index is 4.94. The van der Waals surface area contributed by atoms with Crippen LogP contribution in [-0.2, 0) is 0 Å². The maximum atomic E-state index is 4.94. The zero-order valence-electron chi connectivity index (χ0n) is 6.84. The Bertz CT molecular complexity index is 79.3. The number of hydrogen-bond acceptors (Lipinski definition) is 2. The Kier molecular flexibility index (Phi) is 8.02. The van der Waals surface area contributed by atoms with Crippen LogP contribution in [-0.4, -0.2) is 6.21 Å². The zero-order valence-corrected chi connectivity index (χ0v) is 6.84. The van der Waals surface area contributed by atoms with Gasteiger partial charge in [0, 0.05) is 6.21 Å². The molecule has 0 saturated carbocycles. The van der Waals surface area contributed by atoms with Gasteiger partial charge >= 0.3 is 0 Å². The molecule has 0 amide bonds. The Morgan fingerprint density at radius 1 is 1.20 bits per heavy atom. The highest BCUT2D eigenvalue weighted by Gasteiger charge is 1.85. The van der Waals surface area contributed by atoms with E-state index in [2.05, 4.69) is 12.0 Å². The van der Waals surface area contributed by atoms with Crippen molar-refractivity contribution >= 4 is 6.21 Å². The van der Waals surface area contributed by atoms with Crippen LogP contribution in [0.1, 0.15) is 45.4 Å². The Morgan fingerprint density at radius 3 is 2.50 bits per heavy atom. The summed E-state index contributed by atoms with van der Waals surface area (Å²) in [6, 6.07) is 0. The first-order valence-electron chi connectivity index (χ1n) is 4.13. The molecule has 0 radical (unpaired) electrons. The van der Waals surface area contributed by atoms with Gasteiger partial charge in [-0.05, 0) is 12.8 Å². The van der Waals surface area contributed by atoms with Gasteiger partial charge in [-0.15, -0.1) is 0 Å². The van der Waals surface area contributed by atoms with Gasteiger partial charge in [-0.25, -0.2) is 0 Å². The highest BCUT2D eigenvalue weighted by molar-refractivity contribution is 5.56. The fraction of sp³-hybridized carbons (Fsp3) is 0.875. The molecule has 60 valence electrons. The van der Waals surface area contributed by atoms with Crippen molar-refractivity contribution in [3.05, 3.63) is 0 Å². The first kappa shape index (κ1) is 9.47. The second-order valence-electron chi connectivity index (χ2n) is 2.53. The minimum Gasteiger partial charge on any atom is -0.324 e. The summed E-state index contributed by atoms with van der Waals surface area (Å²) < 4.78 is 0. The molecule has 0 fully saturated rings. The lowest BCUT2D eigenvalue weighted by molar-refractivity contribution is 0.645. The first-order valence-corrected chi connectivity index (χ1v) is 4.13. The van der Waals surface area contributed by atoms with E-state index in [1.165, 1.54) is 32.1 Å². The quantitative estimate of drug-likeness (QED) is 0.263. The van der Waals surface area contributed by atoms with E-state index >= 15 is 0 Å². The average molecular weight is 142 g/mol. The molecule has 0 unspecified atom stereocenters. The summed E-state index contributed by atoms with van der Waals surface area (Å²) in [6.07, 6.45) is 9.41. The van der Waals surface area contributed by atoms with E-state index < -0.39 is 0 Å². The largest absolute Gasteiger partial charge is 0.324 e. The summed E-state index contributed by atoms with van der Waals surface area (Å²) in [6.45, 7) is 2.22. The Balaban J connectivity index is 2.77. The van der Waals surface area contributed by atoms with Crippen molar-refractivity contribution < 1.29 is 0 Å². The Labute approximate surface area is 63.5 Å². The van der Waals surface area contributed by atoms with Crippen LogP contribution < -0.4 is 5.84 Å². The van der Waals surface area contributed by atoms with E-state index in [4.69, 9.17) is 5.84 Å². The maximum Gasteiger partial charge on any atom is 0.0240 e. The third kappa shape index (κ3) is 7.47. The van der Waals surface area contributed by atoms with Crippen molar-refractivity contribution in [1.82, 2.24) is 0 Å². The normalized spacial score (nSPS) is 10.9. The molecule has 0 aromatic heterocycles. The third-order valence-electron chi connectivity index (χ3n) is 1.54. The Morgan fingerprint density at radius 2 is 1.90 bits per heavy atom. The highest BCUT2D eigenvalue weighted by Crippen LogP contribution is 2.03. The molecule has 0 bridgehead atoms. The number of unbranched alkanes of at least 4 members (excludes halogenated alkanes) is 5.